The third-order valence-corrected chi connectivity index (χ3v) is 5.26. The van der Waals surface area contributed by atoms with Gasteiger partial charge in [-0.15, -0.1) is 9.58 Å². The van der Waals surface area contributed by atoms with Gasteiger partial charge in [0, 0.05) is 11.8 Å². The molecule has 6 nitrogen and oxygen atoms in total. The quantitative estimate of drug-likeness (QED) is 0.616. The number of nitrogens with zero attached hydrogens (tertiary/aromatic N) is 3. The maximum atomic E-state index is 9.90. The lowest BCUT2D eigenvalue weighted by atomic mass is 10.2. The van der Waals surface area contributed by atoms with Crippen molar-refractivity contribution >= 4 is 41.5 Å². The summed E-state index contributed by atoms with van der Waals surface area (Å²) in [6.07, 6.45) is 1.95. The van der Waals surface area contributed by atoms with E-state index in [2.05, 4.69) is 37.8 Å². The molecule has 0 aromatic heterocycles. The number of quaternary nitrogens is 1. The van der Waals surface area contributed by atoms with Crippen molar-refractivity contribution in [3.63, 3.8) is 0 Å². The molecule has 0 fully saturated rings. The van der Waals surface area contributed by atoms with Crippen molar-refractivity contribution in [2.45, 2.75) is 46.7 Å². The molecule has 1 atom stereocenters. The molecule has 1 aliphatic heterocycles. The van der Waals surface area contributed by atoms with Crippen LogP contribution in [0, 0.1) is 0 Å². The van der Waals surface area contributed by atoms with E-state index in [4.69, 9.17) is 20.9 Å². The predicted molar refractivity (Wildman–Crippen MR) is 88.1 cm³/mol. The van der Waals surface area contributed by atoms with Gasteiger partial charge in [0.15, 0.2) is 0 Å². The zero-order chi connectivity index (χ0) is 15.6. The van der Waals surface area contributed by atoms with Crippen LogP contribution in [-0.2, 0) is 20.9 Å². The highest BCUT2D eigenvalue weighted by molar-refractivity contribution is 8.12. The van der Waals surface area contributed by atoms with E-state index in [0.29, 0.717) is 4.59 Å². The van der Waals surface area contributed by atoms with E-state index in [1.165, 1.54) is 11.8 Å². The van der Waals surface area contributed by atoms with Crippen LogP contribution in [0.1, 0.15) is 34.6 Å². The molecule has 0 saturated carbocycles. The van der Waals surface area contributed by atoms with E-state index in [0.717, 1.165) is 5.17 Å². The lowest BCUT2D eigenvalue weighted by molar-refractivity contribution is -0.885. The molecule has 1 rings (SSSR count). The first kappa shape index (κ1) is 18.1. The predicted octanol–water partition coefficient (Wildman–Crippen LogP) is 2.89. The van der Waals surface area contributed by atoms with Gasteiger partial charge in [-0.05, 0) is 57.7 Å². The summed E-state index contributed by atoms with van der Waals surface area (Å²) >= 11 is 6.44. The Hall–Kier alpha value is 0.0200. The van der Waals surface area contributed by atoms with Gasteiger partial charge in [-0.1, -0.05) is 0 Å². The van der Waals surface area contributed by atoms with Crippen molar-refractivity contribution < 1.29 is 18.5 Å². The zero-order valence-corrected chi connectivity index (χ0v) is 15.3. The summed E-state index contributed by atoms with van der Waals surface area (Å²) in [7, 11) is 0. The minimum atomic E-state index is -3.32. The molecule has 20 heavy (non-hydrogen) atoms. The van der Waals surface area contributed by atoms with Crippen LogP contribution >= 0.6 is 18.5 Å². The molecular formula is C11H23N3O3PS2+. The molecule has 116 valence electrons. The summed E-state index contributed by atoms with van der Waals surface area (Å²) in [6, 6.07) is 0.507. The van der Waals surface area contributed by atoms with Crippen molar-refractivity contribution in [1.82, 2.24) is 0 Å². The van der Waals surface area contributed by atoms with Crippen LogP contribution < -0.4 is 0 Å². The van der Waals surface area contributed by atoms with Gasteiger partial charge < -0.3 is 9.42 Å². The maximum absolute atomic E-state index is 9.90. The monoisotopic (exact) mass is 340 g/mol. The Kier molecular flexibility index (Phi) is 6.19. The summed E-state index contributed by atoms with van der Waals surface area (Å²) in [4.78, 5) is 14.3. The topological polar surface area (TPSA) is 63.4 Å². The molecular weight excluding hydrogens is 317 g/mol. The van der Waals surface area contributed by atoms with E-state index >= 15 is 0 Å². The van der Waals surface area contributed by atoms with Gasteiger partial charge in [-0.25, -0.2) is 0 Å². The number of thioether (sulfide) groups is 1. The highest BCUT2D eigenvalue weighted by atomic mass is 32.5. The minimum Gasteiger partial charge on any atom is -0.386 e. The largest absolute Gasteiger partial charge is 0.386 e. The second kappa shape index (κ2) is 6.85. The normalized spacial score (nSPS) is 20.9. The van der Waals surface area contributed by atoms with Crippen LogP contribution in [0.4, 0.5) is 0 Å². The summed E-state index contributed by atoms with van der Waals surface area (Å²) in [5, 5.41) is 5.40. The fourth-order valence-electron chi connectivity index (χ4n) is 2.16. The van der Waals surface area contributed by atoms with Gasteiger partial charge in [-0.2, -0.15) is 0 Å². The Labute approximate surface area is 130 Å². The van der Waals surface area contributed by atoms with E-state index in [9.17, 15) is 4.89 Å². The van der Waals surface area contributed by atoms with E-state index < -0.39 is 6.72 Å². The highest BCUT2D eigenvalue weighted by Crippen LogP contribution is 2.45. The van der Waals surface area contributed by atoms with Crippen LogP contribution in [0.2, 0.25) is 0 Å². The van der Waals surface area contributed by atoms with E-state index in [1.807, 2.05) is 6.26 Å². The molecule has 1 unspecified atom stereocenters. The smallest absolute Gasteiger partial charge is 0.380 e. The summed E-state index contributed by atoms with van der Waals surface area (Å²) < 4.78 is 10.7. The SMILES string of the molecule is CCOP(O)(=S)OC1=N[N+](C(C)C)(C(C)C)C(SC)=N1. The van der Waals surface area contributed by atoms with Crippen molar-refractivity contribution in [2.75, 3.05) is 12.9 Å². The van der Waals surface area contributed by atoms with Gasteiger partial charge in [0.25, 0.3) is 5.17 Å². The molecule has 0 radical (unpaired) electrons. The molecule has 0 spiro atoms. The Balaban J connectivity index is 3.13. The fraction of sp³-hybridized carbons (Fsp3) is 0.818. The molecule has 1 N–H and O–H groups in total. The molecule has 0 aromatic carbocycles. The standard InChI is InChI=1S/C11H22N3O3PS2/c1-7-16-18(15,19)17-10-12-11(20-6)14(13-10,8(2)3)9(4)5/h8-9H,7H2,1-6H3/p+1. The van der Waals surface area contributed by atoms with Gasteiger partial charge in [0.1, 0.15) is 12.1 Å². The van der Waals surface area contributed by atoms with Crippen LogP contribution in [0.5, 0.6) is 0 Å². The van der Waals surface area contributed by atoms with Crippen LogP contribution in [0.25, 0.3) is 0 Å². The highest BCUT2D eigenvalue weighted by Gasteiger charge is 2.47. The molecule has 0 bridgehead atoms. The molecule has 0 aliphatic carbocycles. The Morgan fingerprint density at radius 2 is 1.90 bits per heavy atom. The Morgan fingerprint density at radius 1 is 1.35 bits per heavy atom. The molecule has 1 heterocycles. The number of hydrogen-bond acceptors (Lipinski definition) is 6. The lowest BCUT2D eigenvalue weighted by Gasteiger charge is -2.35. The van der Waals surface area contributed by atoms with Crippen LogP contribution in [0.15, 0.2) is 10.1 Å². The van der Waals surface area contributed by atoms with Gasteiger partial charge in [0.2, 0.25) is 0 Å². The van der Waals surface area contributed by atoms with Gasteiger partial charge in [-0.3, -0.25) is 4.52 Å². The number of hydrogen-bond donors (Lipinski definition) is 1. The number of aliphatic imine (C=N–C) groups is 1. The van der Waals surface area contributed by atoms with Crippen molar-refractivity contribution in [3.8, 4) is 0 Å². The Bertz CT molecular complexity index is 458. The van der Waals surface area contributed by atoms with Crippen molar-refractivity contribution in [1.29, 1.82) is 0 Å². The summed E-state index contributed by atoms with van der Waals surface area (Å²) in [5.41, 5.74) is 0. The first-order valence-electron chi connectivity index (χ1n) is 6.48. The molecule has 0 amide bonds. The molecule has 1 aliphatic rings. The third kappa shape index (κ3) is 3.61. The second-order valence-corrected chi connectivity index (χ2v) is 8.42. The maximum Gasteiger partial charge on any atom is 0.380 e. The number of rotatable bonds is 5. The zero-order valence-electron chi connectivity index (χ0n) is 12.7. The number of amidine groups is 2. The average molecular weight is 340 g/mol. The van der Waals surface area contributed by atoms with E-state index in [-0.39, 0.29) is 24.7 Å². The van der Waals surface area contributed by atoms with Gasteiger partial charge >= 0.3 is 12.7 Å². The van der Waals surface area contributed by atoms with Crippen molar-refractivity contribution in [2.24, 2.45) is 10.1 Å². The van der Waals surface area contributed by atoms with Gasteiger partial charge in [0.05, 0.1) is 6.61 Å². The minimum absolute atomic E-state index is 0.107. The fourth-order valence-corrected chi connectivity index (χ4v) is 4.26. The Morgan fingerprint density at radius 3 is 2.25 bits per heavy atom. The average Bonchev–Trinajstić information content (AvgIpc) is 2.67. The summed E-state index contributed by atoms with van der Waals surface area (Å²) in [5.74, 6) is 0. The van der Waals surface area contributed by atoms with E-state index in [1.54, 1.807) is 6.92 Å². The molecule has 0 saturated heterocycles. The lowest BCUT2D eigenvalue weighted by Crippen LogP contribution is -2.55. The molecule has 9 heteroatoms. The van der Waals surface area contributed by atoms with Crippen LogP contribution in [0.3, 0.4) is 0 Å². The molecule has 0 aromatic rings. The third-order valence-electron chi connectivity index (χ3n) is 3.00. The summed E-state index contributed by atoms with van der Waals surface area (Å²) in [6.45, 7) is 7.03. The van der Waals surface area contributed by atoms with Crippen LogP contribution in [-0.4, -0.2) is 45.6 Å². The second-order valence-electron chi connectivity index (χ2n) is 4.88. The van der Waals surface area contributed by atoms with Crippen molar-refractivity contribution in [3.05, 3.63) is 0 Å². The first-order chi connectivity index (χ1) is 9.19. The first-order valence-corrected chi connectivity index (χ1v) is 10.3.